The molecule has 0 aliphatic heterocycles. The van der Waals surface area contributed by atoms with Crippen molar-refractivity contribution in [3.63, 3.8) is 0 Å². The molecule has 2 rings (SSSR count). The van der Waals surface area contributed by atoms with E-state index < -0.39 is 26.3 Å². The largest absolute Gasteiger partial charge is 0.394 e. The van der Waals surface area contributed by atoms with Gasteiger partial charge in [-0.3, -0.25) is 0 Å². The summed E-state index contributed by atoms with van der Waals surface area (Å²) in [6, 6.07) is 3.76. The van der Waals surface area contributed by atoms with Crippen molar-refractivity contribution in [3.8, 4) is 0 Å². The first-order valence-corrected chi connectivity index (χ1v) is 7.76. The van der Waals surface area contributed by atoms with Crippen LogP contribution in [0.15, 0.2) is 27.6 Å². The fourth-order valence-corrected chi connectivity index (χ4v) is 3.77. The summed E-state index contributed by atoms with van der Waals surface area (Å²) >= 11 is 3.07. The van der Waals surface area contributed by atoms with Crippen LogP contribution in [0.25, 0.3) is 0 Å². The summed E-state index contributed by atoms with van der Waals surface area (Å²) in [4.78, 5) is -0.398. The standard InChI is InChI=1S/C11H13BrFNO3S/c12-8-2-3-10(9(13)6-8)18(16,17)14-11(7-15)4-1-5-11/h2-3,6,14-15H,1,4-5,7H2. The lowest BCUT2D eigenvalue weighted by atomic mass is 9.78. The van der Waals surface area contributed by atoms with Crippen molar-refractivity contribution in [3.05, 3.63) is 28.5 Å². The van der Waals surface area contributed by atoms with Gasteiger partial charge in [0.1, 0.15) is 10.7 Å². The SMILES string of the molecule is O=S(=O)(NC1(CO)CCC1)c1ccc(Br)cc1F. The molecule has 7 heteroatoms. The third kappa shape index (κ3) is 2.59. The number of halogens is 2. The third-order valence-electron chi connectivity index (χ3n) is 3.15. The Bertz CT molecular complexity index is 552. The predicted molar refractivity (Wildman–Crippen MR) is 68.1 cm³/mol. The van der Waals surface area contributed by atoms with E-state index in [2.05, 4.69) is 20.7 Å². The van der Waals surface area contributed by atoms with Crippen molar-refractivity contribution in [2.24, 2.45) is 0 Å². The van der Waals surface area contributed by atoms with Gasteiger partial charge in [-0.25, -0.2) is 17.5 Å². The Morgan fingerprint density at radius 1 is 1.44 bits per heavy atom. The van der Waals surface area contributed by atoms with Crippen molar-refractivity contribution < 1.29 is 17.9 Å². The van der Waals surface area contributed by atoms with E-state index in [4.69, 9.17) is 0 Å². The monoisotopic (exact) mass is 337 g/mol. The summed E-state index contributed by atoms with van der Waals surface area (Å²) in [5.41, 5.74) is -0.821. The Morgan fingerprint density at radius 2 is 2.11 bits per heavy atom. The Morgan fingerprint density at radius 3 is 2.56 bits per heavy atom. The zero-order valence-electron chi connectivity index (χ0n) is 9.49. The van der Waals surface area contributed by atoms with Crippen LogP contribution in [0.2, 0.25) is 0 Å². The van der Waals surface area contributed by atoms with Gasteiger partial charge in [0.05, 0.1) is 12.1 Å². The molecule has 2 N–H and O–H groups in total. The molecule has 0 radical (unpaired) electrons. The van der Waals surface area contributed by atoms with Crippen LogP contribution in [0.1, 0.15) is 19.3 Å². The molecule has 0 atom stereocenters. The Hall–Kier alpha value is -0.500. The van der Waals surface area contributed by atoms with E-state index in [9.17, 15) is 17.9 Å². The van der Waals surface area contributed by atoms with Gasteiger partial charge in [-0.05, 0) is 37.5 Å². The van der Waals surface area contributed by atoms with Gasteiger partial charge >= 0.3 is 0 Å². The second kappa shape index (κ2) is 4.88. The highest BCUT2D eigenvalue weighted by atomic mass is 79.9. The maximum Gasteiger partial charge on any atom is 0.244 e. The number of benzene rings is 1. The molecule has 1 saturated carbocycles. The first-order chi connectivity index (χ1) is 8.38. The summed E-state index contributed by atoms with van der Waals surface area (Å²) in [6.07, 6.45) is 1.99. The van der Waals surface area contributed by atoms with Gasteiger partial charge in [0.15, 0.2) is 0 Å². The lowest BCUT2D eigenvalue weighted by Gasteiger charge is -2.40. The van der Waals surface area contributed by atoms with Gasteiger partial charge in [0.2, 0.25) is 10.0 Å². The van der Waals surface area contributed by atoms with E-state index in [-0.39, 0.29) is 6.61 Å². The van der Waals surface area contributed by atoms with Crippen molar-refractivity contribution in [2.45, 2.75) is 29.7 Å². The number of hydrogen-bond acceptors (Lipinski definition) is 3. The summed E-state index contributed by atoms with van der Waals surface area (Å²) in [7, 11) is -3.94. The van der Waals surface area contributed by atoms with Crippen LogP contribution >= 0.6 is 15.9 Å². The van der Waals surface area contributed by atoms with Crippen molar-refractivity contribution >= 4 is 26.0 Å². The number of nitrogens with one attached hydrogen (secondary N) is 1. The van der Waals surface area contributed by atoms with Gasteiger partial charge in [-0.15, -0.1) is 0 Å². The number of aliphatic hydroxyl groups is 1. The quantitative estimate of drug-likeness (QED) is 0.880. The highest BCUT2D eigenvalue weighted by molar-refractivity contribution is 9.10. The van der Waals surface area contributed by atoms with E-state index in [0.717, 1.165) is 12.5 Å². The van der Waals surface area contributed by atoms with E-state index in [1.165, 1.54) is 12.1 Å². The molecule has 0 unspecified atom stereocenters. The summed E-state index contributed by atoms with van der Waals surface area (Å²) in [5.74, 6) is -0.815. The molecule has 4 nitrogen and oxygen atoms in total. The van der Waals surface area contributed by atoms with E-state index >= 15 is 0 Å². The molecule has 0 heterocycles. The first kappa shape index (κ1) is 13.9. The number of rotatable bonds is 4. The topological polar surface area (TPSA) is 66.4 Å². The Balaban J connectivity index is 2.31. The molecule has 18 heavy (non-hydrogen) atoms. The number of sulfonamides is 1. The van der Waals surface area contributed by atoms with Crippen LogP contribution < -0.4 is 4.72 Å². The Kier molecular flexibility index (Phi) is 3.77. The number of aliphatic hydroxyl groups excluding tert-OH is 1. The molecule has 0 bridgehead atoms. The average molecular weight is 338 g/mol. The van der Waals surface area contributed by atoms with Gasteiger partial charge in [-0.2, -0.15) is 0 Å². The fraction of sp³-hybridized carbons (Fsp3) is 0.455. The van der Waals surface area contributed by atoms with Gasteiger partial charge < -0.3 is 5.11 Å². The molecular formula is C11H13BrFNO3S. The van der Waals surface area contributed by atoms with Gasteiger partial charge in [-0.1, -0.05) is 15.9 Å². The normalized spacial score (nSPS) is 18.4. The van der Waals surface area contributed by atoms with E-state index in [0.29, 0.717) is 17.3 Å². The fourth-order valence-electron chi connectivity index (χ4n) is 1.93. The molecule has 1 aromatic carbocycles. The van der Waals surface area contributed by atoms with Crippen molar-refractivity contribution in [1.82, 2.24) is 4.72 Å². The summed E-state index contributed by atoms with van der Waals surface area (Å²) in [5, 5.41) is 9.23. The minimum Gasteiger partial charge on any atom is -0.394 e. The highest BCUT2D eigenvalue weighted by Crippen LogP contribution is 2.33. The smallest absolute Gasteiger partial charge is 0.244 e. The molecule has 0 aromatic heterocycles. The minimum atomic E-state index is -3.94. The molecule has 1 fully saturated rings. The molecule has 0 spiro atoms. The van der Waals surface area contributed by atoms with Crippen molar-refractivity contribution in [1.29, 1.82) is 0 Å². The molecule has 0 amide bonds. The molecular weight excluding hydrogens is 325 g/mol. The molecule has 100 valence electrons. The Labute approximate surface area is 113 Å². The molecule has 0 saturated heterocycles. The lowest BCUT2D eigenvalue weighted by molar-refractivity contribution is 0.110. The third-order valence-corrected chi connectivity index (χ3v) is 5.25. The first-order valence-electron chi connectivity index (χ1n) is 5.48. The second-order valence-electron chi connectivity index (χ2n) is 4.47. The lowest BCUT2D eigenvalue weighted by Crippen LogP contribution is -2.56. The second-order valence-corrected chi connectivity index (χ2v) is 7.04. The van der Waals surface area contributed by atoms with Gasteiger partial charge in [0, 0.05) is 4.47 Å². The maximum atomic E-state index is 13.6. The number of hydrogen-bond donors (Lipinski definition) is 2. The molecule has 1 aromatic rings. The van der Waals surface area contributed by atoms with Crippen molar-refractivity contribution in [2.75, 3.05) is 6.61 Å². The minimum absolute atomic E-state index is 0.273. The zero-order valence-corrected chi connectivity index (χ0v) is 11.9. The average Bonchev–Trinajstić information content (AvgIpc) is 2.23. The van der Waals surface area contributed by atoms with Crippen LogP contribution in [-0.2, 0) is 10.0 Å². The predicted octanol–water partition coefficient (Wildman–Crippen LogP) is 1.78. The van der Waals surface area contributed by atoms with E-state index in [1.54, 1.807) is 0 Å². The summed E-state index contributed by atoms with van der Waals surface area (Å²) in [6.45, 7) is -0.273. The highest BCUT2D eigenvalue weighted by Gasteiger charge is 2.40. The zero-order chi connectivity index (χ0) is 13.4. The summed E-state index contributed by atoms with van der Waals surface area (Å²) < 4.78 is 40.6. The van der Waals surface area contributed by atoms with Crippen LogP contribution in [0, 0.1) is 5.82 Å². The van der Waals surface area contributed by atoms with Crippen LogP contribution in [0.3, 0.4) is 0 Å². The van der Waals surface area contributed by atoms with Crippen LogP contribution in [0.5, 0.6) is 0 Å². The van der Waals surface area contributed by atoms with Gasteiger partial charge in [0.25, 0.3) is 0 Å². The molecule has 1 aliphatic rings. The molecule has 1 aliphatic carbocycles. The maximum absolute atomic E-state index is 13.6. The van der Waals surface area contributed by atoms with Crippen LogP contribution in [-0.4, -0.2) is 25.7 Å². The van der Waals surface area contributed by atoms with Crippen LogP contribution in [0.4, 0.5) is 4.39 Å². The van der Waals surface area contributed by atoms with E-state index in [1.807, 2.05) is 0 Å².